The summed E-state index contributed by atoms with van der Waals surface area (Å²) in [4.78, 5) is 12.4. The molecule has 0 spiro atoms. The van der Waals surface area contributed by atoms with Gasteiger partial charge in [-0.05, 0) is 47.9 Å². The van der Waals surface area contributed by atoms with E-state index < -0.39 is 0 Å². The Bertz CT molecular complexity index is 854. The van der Waals surface area contributed by atoms with E-state index >= 15 is 0 Å². The van der Waals surface area contributed by atoms with Gasteiger partial charge < -0.3 is 0 Å². The van der Waals surface area contributed by atoms with Gasteiger partial charge in [0.05, 0.1) is 5.69 Å². The first-order valence-corrected chi connectivity index (χ1v) is 8.01. The minimum Gasteiger partial charge on any atom is -0.296 e. The Balaban J connectivity index is 1.56. The minimum atomic E-state index is -0.224. The molecule has 2 heterocycles. The van der Waals surface area contributed by atoms with Crippen LogP contribution in [0.2, 0.25) is 0 Å². The quantitative estimate of drug-likeness (QED) is 0.786. The second kappa shape index (κ2) is 5.51. The summed E-state index contributed by atoms with van der Waals surface area (Å²) in [6.07, 6.45) is 3.82. The molecule has 0 aliphatic heterocycles. The standard InChI is InChI=1S/C14H13N7OS/c1-8-2-3-10(6-11(8)21-7-15-19-20-21)12(22)16-14-18-17-13(23-14)9-4-5-9/h2-3,6-7,9H,4-5H2,1H3,(H,16,18,22). The summed E-state index contributed by atoms with van der Waals surface area (Å²) in [5.41, 5.74) is 2.25. The van der Waals surface area contributed by atoms with Gasteiger partial charge in [0.15, 0.2) is 0 Å². The number of hydrogen-bond acceptors (Lipinski definition) is 7. The molecule has 1 aliphatic carbocycles. The number of rotatable bonds is 4. The average molecular weight is 327 g/mol. The fourth-order valence-corrected chi connectivity index (χ4v) is 3.13. The molecule has 0 atom stereocenters. The molecule has 1 N–H and O–H groups in total. The van der Waals surface area contributed by atoms with Gasteiger partial charge in [0, 0.05) is 11.5 Å². The third kappa shape index (κ3) is 2.82. The lowest BCUT2D eigenvalue weighted by Crippen LogP contribution is -2.12. The summed E-state index contributed by atoms with van der Waals surface area (Å²) < 4.78 is 1.53. The largest absolute Gasteiger partial charge is 0.296 e. The minimum absolute atomic E-state index is 0.224. The lowest BCUT2D eigenvalue weighted by molar-refractivity contribution is 0.102. The van der Waals surface area contributed by atoms with Gasteiger partial charge in [-0.3, -0.25) is 10.1 Å². The summed E-state index contributed by atoms with van der Waals surface area (Å²) in [6, 6.07) is 5.38. The first-order chi connectivity index (χ1) is 11.2. The van der Waals surface area contributed by atoms with Crippen LogP contribution in [0.1, 0.15) is 39.7 Å². The highest BCUT2D eigenvalue weighted by molar-refractivity contribution is 7.15. The Hall–Kier alpha value is -2.68. The maximum atomic E-state index is 12.4. The van der Waals surface area contributed by atoms with Crippen LogP contribution in [0.15, 0.2) is 24.5 Å². The maximum absolute atomic E-state index is 12.4. The van der Waals surface area contributed by atoms with E-state index in [-0.39, 0.29) is 5.91 Å². The van der Waals surface area contributed by atoms with Gasteiger partial charge in [-0.25, -0.2) is 4.68 Å². The fourth-order valence-electron chi connectivity index (χ4n) is 2.22. The molecule has 0 unspecified atom stereocenters. The summed E-state index contributed by atoms with van der Waals surface area (Å²) >= 11 is 1.44. The number of aryl methyl sites for hydroxylation is 1. The number of carbonyl (C=O) groups excluding carboxylic acids is 1. The summed E-state index contributed by atoms with van der Waals surface area (Å²) in [5, 5.41) is 23.6. The lowest BCUT2D eigenvalue weighted by Gasteiger charge is -2.07. The van der Waals surface area contributed by atoms with Crippen LogP contribution < -0.4 is 5.32 Å². The highest BCUT2D eigenvalue weighted by Crippen LogP contribution is 2.42. The van der Waals surface area contributed by atoms with E-state index in [0.717, 1.165) is 29.1 Å². The number of hydrogen-bond donors (Lipinski definition) is 1. The predicted molar refractivity (Wildman–Crippen MR) is 83.7 cm³/mol. The van der Waals surface area contributed by atoms with E-state index in [1.807, 2.05) is 13.0 Å². The predicted octanol–water partition coefficient (Wildman–Crippen LogP) is 1.95. The number of carbonyl (C=O) groups is 1. The molecule has 1 aliphatic rings. The number of tetrazole rings is 1. The van der Waals surface area contributed by atoms with Crippen molar-refractivity contribution in [1.82, 2.24) is 30.4 Å². The van der Waals surface area contributed by atoms with Crippen molar-refractivity contribution >= 4 is 22.4 Å². The monoisotopic (exact) mass is 327 g/mol. The number of aromatic nitrogens is 6. The fraction of sp³-hybridized carbons (Fsp3) is 0.286. The van der Waals surface area contributed by atoms with Crippen molar-refractivity contribution in [2.24, 2.45) is 0 Å². The van der Waals surface area contributed by atoms with Crippen LogP contribution in [0, 0.1) is 6.92 Å². The summed E-state index contributed by atoms with van der Waals surface area (Å²) in [5.74, 6) is 0.307. The molecule has 116 valence electrons. The van der Waals surface area contributed by atoms with E-state index in [4.69, 9.17) is 0 Å². The van der Waals surface area contributed by atoms with Gasteiger partial charge in [0.2, 0.25) is 5.13 Å². The zero-order valence-electron chi connectivity index (χ0n) is 12.3. The van der Waals surface area contributed by atoms with Crippen molar-refractivity contribution < 1.29 is 4.79 Å². The van der Waals surface area contributed by atoms with Crippen molar-refractivity contribution in [2.75, 3.05) is 5.32 Å². The van der Waals surface area contributed by atoms with Gasteiger partial charge in [-0.1, -0.05) is 17.4 Å². The molecule has 1 fully saturated rings. The van der Waals surface area contributed by atoms with Crippen LogP contribution in [0.5, 0.6) is 0 Å². The Morgan fingerprint density at radius 1 is 1.35 bits per heavy atom. The van der Waals surface area contributed by atoms with Gasteiger partial charge in [-0.2, -0.15) is 0 Å². The molecule has 4 rings (SSSR count). The molecule has 0 bridgehead atoms. The second-order valence-electron chi connectivity index (χ2n) is 5.43. The summed E-state index contributed by atoms with van der Waals surface area (Å²) in [6.45, 7) is 1.94. The number of amides is 1. The first-order valence-electron chi connectivity index (χ1n) is 7.19. The molecule has 0 saturated heterocycles. The first kappa shape index (κ1) is 13.9. The second-order valence-corrected chi connectivity index (χ2v) is 6.44. The Kier molecular flexibility index (Phi) is 3.34. The van der Waals surface area contributed by atoms with E-state index in [1.165, 1.54) is 22.3 Å². The molecule has 1 saturated carbocycles. The van der Waals surface area contributed by atoms with Gasteiger partial charge in [0.1, 0.15) is 11.3 Å². The summed E-state index contributed by atoms with van der Waals surface area (Å²) in [7, 11) is 0. The van der Waals surface area contributed by atoms with E-state index in [2.05, 4.69) is 31.0 Å². The Morgan fingerprint density at radius 2 is 2.22 bits per heavy atom. The van der Waals surface area contributed by atoms with Crippen molar-refractivity contribution in [1.29, 1.82) is 0 Å². The van der Waals surface area contributed by atoms with Crippen molar-refractivity contribution in [2.45, 2.75) is 25.7 Å². The maximum Gasteiger partial charge on any atom is 0.257 e. The highest BCUT2D eigenvalue weighted by atomic mass is 32.1. The Morgan fingerprint density at radius 3 is 2.96 bits per heavy atom. The molecule has 0 radical (unpaired) electrons. The number of nitrogens with zero attached hydrogens (tertiary/aromatic N) is 6. The molecule has 8 nitrogen and oxygen atoms in total. The molecular weight excluding hydrogens is 314 g/mol. The van der Waals surface area contributed by atoms with Gasteiger partial charge in [0.25, 0.3) is 5.91 Å². The normalized spacial score (nSPS) is 14.0. The third-order valence-corrected chi connectivity index (χ3v) is 4.66. The SMILES string of the molecule is Cc1ccc(C(=O)Nc2nnc(C3CC3)s2)cc1-n1cnnn1. The number of anilines is 1. The van der Waals surface area contributed by atoms with Crippen LogP contribution in [0.4, 0.5) is 5.13 Å². The van der Waals surface area contributed by atoms with Gasteiger partial charge >= 0.3 is 0 Å². The molecular formula is C14H13N7OS. The zero-order chi connectivity index (χ0) is 15.8. The van der Waals surface area contributed by atoms with E-state index in [1.54, 1.807) is 12.1 Å². The van der Waals surface area contributed by atoms with E-state index in [0.29, 0.717) is 16.6 Å². The molecule has 3 aromatic rings. The Labute approximate surface area is 135 Å². The van der Waals surface area contributed by atoms with Crippen molar-refractivity contribution in [3.63, 3.8) is 0 Å². The molecule has 1 aromatic carbocycles. The van der Waals surface area contributed by atoms with Crippen LogP contribution in [-0.2, 0) is 0 Å². The smallest absolute Gasteiger partial charge is 0.257 e. The lowest BCUT2D eigenvalue weighted by atomic mass is 10.1. The van der Waals surface area contributed by atoms with E-state index in [9.17, 15) is 4.79 Å². The van der Waals surface area contributed by atoms with Crippen molar-refractivity contribution in [3.8, 4) is 5.69 Å². The van der Waals surface area contributed by atoms with Crippen LogP contribution >= 0.6 is 11.3 Å². The van der Waals surface area contributed by atoms with Crippen LogP contribution in [0.3, 0.4) is 0 Å². The van der Waals surface area contributed by atoms with Crippen LogP contribution in [-0.4, -0.2) is 36.3 Å². The van der Waals surface area contributed by atoms with Crippen LogP contribution in [0.25, 0.3) is 5.69 Å². The number of benzene rings is 1. The highest BCUT2D eigenvalue weighted by Gasteiger charge is 2.27. The number of nitrogens with one attached hydrogen (secondary N) is 1. The third-order valence-electron chi connectivity index (χ3n) is 3.65. The van der Waals surface area contributed by atoms with Crippen molar-refractivity contribution in [3.05, 3.63) is 40.7 Å². The molecule has 1 amide bonds. The average Bonchev–Trinajstić information content (AvgIpc) is 3.07. The molecule has 23 heavy (non-hydrogen) atoms. The molecule has 9 heteroatoms. The molecule has 2 aromatic heterocycles. The van der Waals surface area contributed by atoms with Gasteiger partial charge in [-0.15, -0.1) is 15.3 Å². The topological polar surface area (TPSA) is 98.5 Å². The zero-order valence-corrected chi connectivity index (χ0v) is 13.1.